The van der Waals surface area contributed by atoms with Gasteiger partial charge in [-0.25, -0.2) is 4.79 Å². The number of hydrogen-bond acceptors (Lipinski definition) is 3. The Morgan fingerprint density at radius 2 is 1.84 bits per heavy atom. The number of hydrogen-bond donors (Lipinski definition) is 1. The van der Waals surface area contributed by atoms with Crippen LogP contribution in [0.2, 0.25) is 0 Å². The number of fused-ring (bicyclic) bond motifs is 1. The Balaban J connectivity index is 1.53. The molecular weight excluding hydrogens is 316 g/mol. The zero-order valence-corrected chi connectivity index (χ0v) is 14.7. The van der Waals surface area contributed by atoms with Crippen LogP contribution in [0.15, 0.2) is 48.5 Å². The van der Waals surface area contributed by atoms with Gasteiger partial charge in [0.15, 0.2) is 11.5 Å². The van der Waals surface area contributed by atoms with E-state index in [-0.39, 0.29) is 18.9 Å². The van der Waals surface area contributed by atoms with Crippen LogP contribution in [0.4, 0.5) is 4.79 Å². The largest absolute Gasteiger partial charge is 0.454 e. The summed E-state index contributed by atoms with van der Waals surface area (Å²) in [6.45, 7) is 5.52. The Hall–Kier alpha value is -2.69. The van der Waals surface area contributed by atoms with E-state index in [2.05, 4.69) is 5.32 Å². The quantitative estimate of drug-likeness (QED) is 0.874. The van der Waals surface area contributed by atoms with Crippen molar-refractivity contribution in [2.24, 2.45) is 0 Å². The minimum absolute atomic E-state index is 0.0420. The molecule has 0 fully saturated rings. The summed E-state index contributed by atoms with van der Waals surface area (Å²) in [6, 6.07) is 16.0. The van der Waals surface area contributed by atoms with Gasteiger partial charge in [-0.2, -0.15) is 0 Å². The molecule has 5 heteroatoms. The summed E-state index contributed by atoms with van der Waals surface area (Å²) in [4.78, 5) is 14.4. The number of nitrogens with one attached hydrogen (secondary N) is 1. The van der Waals surface area contributed by atoms with Crippen LogP contribution in [0.5, 0.6) is 11.5 Å². The van der Waals surface area contributed by atoms with Crippen molar-refractivity contribution in [3.8, 4) is 11.5 Å². The van der Waals surface area contributed by atoms with E-state index in [1.54, 1.807) is 0 Å². The highest BCUT2D eigenvalue weighted by molar-refractivity contribution is 5.74. The fraction of sp³-hybridized carbons (Fsp3) is 0.350. The summed E-state index contributed by atoms with van der Waals surface area (Å²) in [5.74, 6) is 1.55. The molecule has 0 atom stereocenters. The topological polar surface area (TPSA) is 50.8 Å². The number of ether oxygens (including phenoxy) is 2. The van der Waals surface area contributed by atoms with Crippen molar-refractivity contribution < 1.29 is 14.3 Å². The molecule has 0 aromatic heterocycles. The first kappa shape index (κ1) is 17.1. The predicted octanol–water partition coefficient (Wildman–Crippen LogP) is 3.58. The number of carbonyl (C=O) groups excluding carboxylic acids is 1. The van der Waals surface area contributed by atoms with Crippen molar-refractivity contribution in [3.05, 3.63) is 59.7 Å². The van der Waals surface area contributed by atoms with Gasteiger partial charge in [-0.1, -0.05) is 36.4 Å². The summed E-state index contributed by atoms with van der Waals surface area (Å²) in [5.41, 5.74) is 2.24. The number of carbonyl (C=O) groups is 1. The average Bonchev–Trinajstić information content (AvgIpc) is 3.08. The Labute approximate surface area is 148 Å². The summed E-state index contributed by atoms with van der Waals surface area (Å²) < 4.78 is 10.7. The summed E-state index contributed by atoms with van der Waals surface area (Å²) in [6.07, 6.45) is 0.750. The first-order chi connectivity index (χ1) is 12.1. The number of amides is 2. The van der Waals surface area contributed by atoms with Gasteiger partial charge in [0.05, 0.1) is 0 Å². The lowest BCUT2D eigenvalue weighted by molar-refractivity contribution is 0.174. The SMILES string of the molecule is CC(C)N(Cc1ccccc1)C(=O)NCCc1ccc2c(c1)OCO2. The molecule has 0 saturated heterocycles. The maximum atomic E-state index is 12.5. The zero-order valence-electron chi connectivity index (χ0n) is 14.7. The highest BCUT2D eigenvalue weighted by Gasteiger charge is 2.17. The highest BCUT2D eigenvalue weighted by Crippen LogP contribution is 2.32. The fourth-order valence-corrected chi connectivity index (χ4v) is 2.78. The van der Waals surface area contributed by atoms with Gasteiger partial charge < -0.3 is 19.7 Å². The molecule has 0 unspecified atom stereocenters. The first-order valence-corrected chi connectivity index (χ1v) is 8.60. The van der Waals surface area contributed by atoms with Crippen molar-refractivity contribution in [2.45, 2.75) is 32.9 Å². The van der Waals surface area contributed by atoms with E-state index in [0.717, 1.165) is 29.0 Å². The van der Waals surface area contributed by atoms with Crippen LogP contribution in [0.1, 0.15) is 25.0 Å². The Bertz CT molecular complexity index is 716. The summed E-state index contributed by atoms with van der Waals surface area (Å²) in [5, 5.41) is 3.02. The standard InChI is InChI=1S/C20H24N2O3/c1-15(2)22(13-17-6-4-3-5-7-17)20(23)21-11-10-16-8-9-18-19(12-16)25-14-24-18/h3-9,12,15H,10-11,13-14H2,1-2H3,(H,21,23). The van der Waals surface area contributed by atoms with Crippen molar-refractivity contribution >= 4 is 6.03 Å². The van der Waals surface area contributed by atoms with Crippen LogP contribution in [0, 0.1) is 0 Å². The highest BCUT2D eigenvalue weighted by atomic mass is 16.7. The maximum absolute atomic E-state index is 12.5. The lowest BCUT2D eigenvalue weighted by Crippen LogP contribution is -2.44. The lowest BCUT2D eigenvalue weighted by Gasteiger charge is -2.27. The molecule has 5 nitrogen and oxygen atoms in total. The van der Waals surface area contributed by atoms with E-state index in [4.69, 9.17) is 9.47 Å². The van der Waals surface area contributed by atoms with Crippen molar-refractivity contribution in [2.75, 3.05) is 13.3 Å². The number of urea groups is 1. The van der Waals surface area contributed by atoms with Gasteiger partial charge in [0, 0.05) is 19.1 Å². The lowest BCUT2D eigenvalue weighted by atomic mass is 10.1. The minimum Gasteiger partial charge on any atom is -0.454 e. The number of benzene rings is 2. The van der Waals surface area contributed by atoms with Crippen molar-refractivity contribution in [1.82, 2.24) is 10.2 Å². The van der Waals surface area contributed by atoms with E-state index in [1.807, 2.05) is 67.3 Å². The molecule has 2 aromatic rings. The summed E-state index contributed by atoms with van der Waals surface area (Å²) >= 11 is 0. The second-order valence-corrected chi connectivity index (χ2v) is 6.38. The van der Waals surface area contributed by atoms with Crippen LogP contribution in [0.25, 0.3) is 0 Å². The normalized spacial score (nSPS) is 12.3. The molecule has 0 aliphatic carbocycles. The molecule has 25 heavy (non-hydrogen) atoms. The van der Waals surface area contributed by atoms with E-state index < -0.39 is 0 Å². The molecule has 0 spiro atoms. The molecule has 1 N–H and O–H groups in total. The molecule has 1 aliphatic heterocycles. The summed E-state index contributed by atoms with van der Waals surface area (Å²) in [7, 11) is 0. The van der Waals surface area contributed by atoms with Crippen LogP contribution in [0.3, 0.4) is 0 Å². The van der Waals surface area contributed by atoms with Crippen LogP contribution in [-0.4, -0.2) is 30.3 Å². The molecule has 132 valence electrons. The van der Waals surface area contributed by atoms with Crippen molar-refractivity contribution in [3.63, 3.8) is 0 Å². The van der Waals surface area contributed by atoms with Gasteiger partial charge in [-0.3, -0.25) is 0 Å². The predicted molar refractivity (Wildman–Crippen MR) is 96.8 cm³/mol. The molecule has 3 rings (SSSR count). The van der Waals surface area contributed by atoms with E-state index in [1.165, 1.54) is 0 Å². The van der Waals surface area contributed by atoms with Gasteiger partial charge in [0.2, 0.25) is 6.79 Å². The third-order valence-corrected chi connectivity index (χ3v) is 4.21. The molecule has 2 aromatic carbocycles. The Kier molecular flexibility index (Phi) is 5.43. The monoisotopic (exact) mass is 340 g/mol. The number of rotatable bonds is 6. The van der Waals surface area contributed by atoms with Gasteiger partial charge in [0.1, 0.15) is 0 Å². The molecule has 1 heterocycles. The van der Waals surface area contributed by atoms with Gasteiger partial charge in [-0.15, -0.1) is 0 Å². The molecule has 0 bridgehead atoms. The second-order valence-electron chi connectivity index (χ2n) is 6.38. The molecule has 2 amide bonds. The van der Waals surface area contributed by atoms with E-state index >= 15 is 0 Å². The molecule has 0 saturated carbocycles. The Morgan fingerprint density at radius 3 is 2.60 bits per heavy atom. The smallest absolute Gasteiger partial charge is 0.317 e. The minimum atomic E-state index is -0.0420. The Morgan fingerprint density at radius 1 is 1.08 bits per heavy atom. The molecule has 1 aliphatic rings. The van der Waals surface area contributed by atoms with Crippen molar-refractivity contribution in [1.29, 1.82) is 0 Å². The van der Waals surface area contributed by atoms with E-state index in [0.29, 0.717) is 13.1 Å². The number of nitrogens with zero attached hydrogens (tertiary/aromatic N) is 1. The molecular formula is C20H24N2O3. The van der Waals surface area contributed by atoms with Crippen LogP contribution in [-0.2, 0) is 13.0 Å². The van der Waals surface area contributed by atoms with Gasteiger partial charge in [0.25, 0.3) is 0 Å². The van der Waals surface area contributed by atoms with E-state index in [9.17, 15) is 4.79 Å². The zero-order chi connectivity index (χ0) is 17.6. The van der Waals surface area contributed by atoms with Gasteiger partial charge in [-0.05, 0) is 43.5 Å². The van der Waals surface area contributed by atoms with Crippen LogP contribution < -0.4 is 14.8 Å². The fourth-order valence-electron chi connectivity index (χ4n) is 2.78. The third kappa shape index (κ3) is 4.44. The van der Waals surface area contributed by atoms with Gasteiger partial charge >= 0.3 is 6.03 Å². The van der Waals surface area contributed by atoms with Crippen LogP contribution >= 0.6 is 0 Å². The third-order valence-electron chi connectivity index (χ3n) is 4.21. The maximum Gasteiger partial charge on any atom is 0.317 e. The molecule has 0 radical (unpaired) electrons. The average molecular weight is 340 g/mol. The second kappa shape index (κ2) is 7.92. The first-order valence-electron chi connectivity index (χ1n) is 8.60.